The molecule has 0 spiro atoms. The second-order valence-corrected chi connectivity index (χ2v) is 6.69. The van der Waals surface area contributed by atoms with Crippen LogP contribution in [-0.2, 0) is 11.4 Å². The normalized spacial score (nSPS) is 18.5. The van der Waals surface area contributed by atoms with Crippen LogP contribution in [0.2, 0.25) is 5.02 Å². The number of nitrogens with zero attached hydrogens (tertiary/aromatic N) is 5. The molecular weight excluding hydrogens is 414 g/mol. The molecular formula is C19H18ClN5O5. The number of ether oxygens (including phenoxy) is 1. The van der Waals surface area contributed by atoms with Crippen LogP contribution in [0.5, 0.6) is 5.75 Å². The van der Waals surface area contributed by atoms with Crippen LogP contribution in [-0.4, -0.2) is 36.9 Å². The molecule has 2 atom stereocenters. The summed E-state index contributed by atoms with van der Waals surface area (Å²) in [6.07, 6.45) is 3.00. The van der Waals surface area contributed by atoms with Crippen molar-refractivity contribution in [3.8, 4) is 5.75 Å². The standard InChI is InChI=1S/C19H17ClN4O2.HNO3/c1-13-19(24-12-21-11-22-24)18(16-4-2-3-5-17(16)26-13)23-25-10-14-6-8-15(20)9-7-14;2-1(3)4/h2-9,11-13,19H,10H2,1H3;(H,2,3,4)/b23-18-;/t13-,19-;/m0./s1. The van der Waals surface area contributed by atoms with Crippen molar-refractivity contribution >= 4 is 17.3 Å². The SMILES string of the molecule is C[C@@H]1Oc2ccccc2/C(=N/OCc2ccc(Cl)cc2)[C@H]1n1cncn1.O=[N+]([O-])O. The van der Waals surface area contributed by atoms with Gasteiger partial charge in [0.25, 0.3) is 5.09 Å². The summed E-state index contributed by atoms with van der Waals surface area (Å²) >= 11 is 5.92. The predicted molar refractivity (Wildman–Crippen MR) is 107 cm³/mol. The van der Waals surface area contributed by atoms with E-state index in [0.29, 0.717) is 11.6 Å². The van der Waals surface area contributed by atoms with Gasteiger partial charge in [0.05, 0.1) is 0 Å². The van der Waals surface area contributed by atoms with Crippen molar-refractivity contribution in [2.75, 3.05) is 0 Å². The molecule has 2 aromatic carbocycles. The van der Waals surface area contributed by atoms with Crippen LogP contribution in [0.1, 0.15) is 24.1 Å². The van der Waals surface area contributed by atoms with Gasteiger partial charge in [0.15, 0.2) is 0 Å². The Bertz CT molecular complexity index is 1010. The number of hydrogen-bond donors (Lipinski definition) is 1. The van der Waals surface area contributed by atoms with Crippen molar-refractivity contribution in [3.63, 3.8) is 0 Å². The molecule has 1 aliphatic rings. The third-order valence-corrected chi connectivity index (χ3v) is 4.48. The first-order chi connectivity index (χ1) is 14.5. The highest BCUT2D eigenvalue weighted by Crippen LogP contribution is 2.33. The van der Waals surface area contributed by atoms with Gasteiger partial charge in [-0.1, -0.05) is 41.0 Å². The van der Waals surface area contributed by atoms with E-state index in [4.69, 9.17) is 36.5 Å². The summed E-state index contributed by atoms with van der Waals surface area (Å²) in [6, 6.07) is 15.1. The van der Waals surface area contributed by atoms with Gasteiger partial charge in [-0.2, -0.15) is 5.10 Å². The highest BCUT2D eigenvalue weighted by atomic mass is 35.5. The van der Waals surface area contributed by atoms with Gasteiger partial charge in [-0.15, -0.1) is 10.1 Å². The molecule has 10 nitrogen and oxygen atoms in total. The summed E-state index contributed by atoms with van der Waals surface area (Å²) in [4.78, 5) is 18.1. The third-order valence-electron chi connectivity index (χ3n) is 4.23. The lowest BCUT2D eigenvalue weighted by Crippen LogP contribution is -2.38. The summed E-state index contributed by atoms with van der Waals surface area (Å²) < 4.78 is 7.78. The summed E-state index contributed by atoms with van der Waals surface area (Å²) in [6.45, 7) is 2.33. The quantitative estimate of drug-likeness (QED) is 0.494. The molecule has 30 heavy (non-hydrogen) atoms. The number of para-hydroxylation sites is 1. The van der Waals surface area contributed by atoms with Crippen molar-refractivity contribution < 1.29 is 19.9 Å². The van der Waals surface area contributed by atoms with E-state index >= 15 is 0 Å². The van der Waals surface area contributed by atoms with E-state index in [0.717, 1.165) is 22.6 Å². The highest BCUT2D eigenvalue weighted by molar-refractivity contribution is 6.30. The number of fused-ring (bicyclic) bond motifs is 1. The first kappa shape index (κ1) is 21.1. The van der Waals surface area contributed by atoms with E-state index in [1.54, 1.807) is 11.0 Å². The van der Waals surface area contributed by atoms with Crippen LogP contribution in [0.3, 0.4) is 0 Å². The van der Waals surface area contributed by atoms with Crippen molar-refractivity contribution in [2.24, 2.45) is 5.16 Å². The Morgan fingerprint density at radius 2 is 2.00 bits per heavy atom. The number of rotatable bonds is 4. The van der Waals surface area contributed by atoms with Gasteiger partial charge in [0.2, 0.25) is 0 Å². The average Bonchev–Trinajstić information content (AvgIpc) is 3.23. The van der Waals surface area contributed by atoms with Crippen molar-refractivity contribution in [3.05, 3.63) is 87.4 Å². The lowest BCUT2D eigenvalue weighted by molar-refractivity contribution is -0.742. The molecule has 156 valence electrons. The zero-order chi connectivity index (χ0) is 21.5. The highest BCUT2D eigenvalue weighted by Gasteiger charge is 2.35. The lowest BCUT2D eigenvalue weighted by Gasteiger charge is -2.32. The molecule has 0 bridgehead atoms. The monoisotopic (exact) mass is 431 g/mol. The number of oxime groups is 1. The first-order valence-electron chi connectivity index (χ1n) is 8.83. The third kappa shape index (κ3) is 5.23. The van der Waals surface area contributed by atoms with E-state index in [9.17, 15) is 0 Å². The molecule has 0 unspecified atom stereocenters. The fraction of sp³-hybridized carbons (Fsp3) is 0.211. The number of aromatic nitrogens is 3. The molecule has 1 N–H and O–H groups in total. The Balaban J connectivity index is 0.000000589. The first-order valence-corrected chi connectivity index (χ1v) is 9.21. The molecule has 4 rings (SSSR count). The van der Waals surface area contributed by atoms with Gasteiger partial charge in [-0.05, 0) is 36.8 Å². The maximum Gasteiger partial charge on any atom is 0.291 e. The molecule has 0 radical (unpaired) electrons. The van der Waals surface area contributed by atoms with Crippen LogP contribution in [0.25, 0.3) is 0 Å². The van der Waals surface area contributed by atoms with Crippen LogP contribution in [0.4, 0.5) is 0 Å². The maximum atomic E-state index is 8.36. The topological polar surface area (TPSA) is 125 Å². The van der Waals surface area contributed by atoms with Crippen molar-refractivity contribution in [2.45, 2.75) is 25.7 Å². The molecule has 0 saturated carbocycles. The van der Waals surface area contributed by atoms with Gasteiger partial charge < -0.3 is 14.8 Å². The smallest absolute Gasteiger partial charge is 0.291 e. The van der Waals surface area contributed by atoms with Crippen LogP contribution >= 0.6 is 11.6 Å². The van der Waals surface area contributed by atoms with Crippen molar-refractivity contribution in [1.82, 2.24) is 14.8 Å². The van der Waals surface area contributed by atoms with Gasteiger partial charge in [-0.25, -0.2) is 9.67 Å². The van der Waals surface area contributed by atoms with E-state index in [-0.39, 0.29) is 12.1 Å². The molecule has 0 aliphatic carbocycles. The average molecular weight is 432 g/mol. The van der Waals surface area contributed by atoms with Crippen LogP contribution < -0.4 is 4.74 Å². The summed E-state index contributed by atoms with van der Waals surface area (Å²) in [7, 11) is 0. The maximum absolute atomic E-state index is 8.36. The molecule has 11 heteroatoms. The van der Waals surface area contributed by atoms with Gasteiger partial charge >= 0.3 is 0 Å². The fourth-order valence-corrected chi connectivity index (χ4v) is 3.11. The number of hydrogen-bond acceptors (Lipinski definition) is 7. The predicted octanol–water partition coefficient (Wildman–Crippen LogP) is 3.53. The summed E-state index contributed by atoms with van der Waals surface area (Å²) in [5, 5.41) is 23.0. The second-order valence-electron chi connectivity index (χ2n) is 6.25. The minimum atomic E-state index is -1.50. The van der Waals surface area contributed by atoms with E-state index in [1.807, 2.05) is 55.5 Å². The minimum Gasteiger partial charge on any atom is -0.487 e. The molecule has 3 aromatic rings. The summed E-state index contributed by atoms with van der Waals surface area (Å²) in [5.41, 5.74) is 2.64. The largest absolute Gasteiger partial charge is 0.487 e. The number of halogens is 1. The second kappa shape index (κ2) is 9.70. The molecule has 2 heterocycles. The number of benzene rings is 2. The Hall–Kier alpha value is -3.66. The molecule has 0 saturated heterocycles. The van der Waals surface area contributed by atoms with E-state index in [2.05, 4.69) is 15.2 Å². The Labute approximate surface area is 176 Å². The molecule has 1 aromatic heterocycles. The zero-order valence-electron chi connectivity index (χ0n) is 15.8. The molecule has 0 fully saturated rings. The Morgan fingerprint density at radius 1 is 1.30 bits per heavy atom. The van der Waals surface area contributed by atoms with Gasteiger partial charge in [0, 0.05) is 10.6 Å². The van der Waals surface area contributed by atoms with Crippen molar-refractivity contribution in [1.29, 1.82) is 0 Å². The summed E-state index contributed by atoms with van der Waals surface area (Å²) in [5.74, 6) is 0.783. The fourth-order valence-electron chi connectivity index (χ4n) is 2.99. The molecule has 0 amide bonds. The Morgan fingerprint density at radius 3 is 2.67 bits per heavy atom. The van der Waals surface area contributed by atoms with Crippen LogP contribution in [0, 0.1) is 10.1 Å². The van der Waals surface area contributed by atoms with Gasteiger partial charge in [0.1, 0.15) is 42.9 Å². The van der Waals surface area contributed by atoms with E-state index < -0.39 is 5.09 Å². The Kier molecular flexibility index (Phi) is 6.81. The van der Waals surface area contributed by atoms with Crippen LogP contribution in [0.15, 0.2) is 66.3 Å². The van der Waals surface area contributed by atoms with E-state index in [1.165, 1.54) is 6.33 Å². The minimum absolute atomic E-state index is 0.163. The van der Waals surface area contributed by atoms with Gasteiger partial charge in [-0.3, -0.25) is 0 Å². The zero-order valence-corrected chi connectivity index (χ0v) is 16.6. The molecule has 1 aliphatic heterocycles. The lowest BCUT2D eigenvalue weighted by atomic mass is 9.95.